The molecule has 166 valence electrons. The van der Waals surface area contributed by atoms with E-state index < -0.39 is 0 Å². The number of hydrogen-bond donors (Lipinski definition) is 1. The zero-order chi connectivity index (χ0) is 22.8. The molecule has 1 aromatic carbocycles. The van der Waals surface area contributed by atoms with Gasteiger partial charge in [-0.2, -0.15) is 0 Å². The monoisotopic (exact) mass is 467 g/mol. The van der Waals surface area contributed by atoms with Gasteiger partial charge in [-0.1, -0.05) is 12.1 Å². The minimum absolute atomic E-state index is 0.0403. The van der Waals surface area contributed by atoms with Crippen molar-refractivity contribution >= 4 is 38.8 Å². The maximum atomic E-state index is 13.1. The number of aromatic nitrogens is 2. The fraction of sp³-hybridized carbons (Fsp3) is 0.292. The number of carbonyl (C=O) groups is 1. The Hall–Kier alpha value is -2.97. The molecular formula is C24H25N3O3S2. The lowest BCUT2D eigenvalue weighted by Gasteiger charge is -2.28. The Bertz CT molecular complexity index is 1320. The Kier molecular flexibility index (Phi) is 6.43. The molecule has 1 amide bonds. The fourth-order valence-corrected chi connectivity index (χ4v) is 5.75. The minimum atomic E-state index is -0.205. The normalized spacial score (nSPS) is 12.1. The molecule has 3 aromatic heterocycles. The van der Waals surface area contributed by atoms with Crippen molar-refractivity contribution in [3.05, 3.63) is 68.4 Å². The average molecular weight is 468 g/mol. The lowest BCUT2D eigenvalue weighted by molar-refractivity contribution is -0.132. The molecule has 0 fully saturated rings. The van der Waals surface area contributed by atoms with Crippen molar-refractivity contribution in [1.82, 2.24) is 14.9 Å². The molecule has 3 heterocycles. The Morgan fingerprint density at radius 1 is 1.28 bits per heavy atom. The van der Waals surface area contributed by atoms with Gasteiger partial charge in [-0.15, -0.1) is 22.7 Å². The highest BCUT2D eigenvalue weighted by molar-refractivity contribution is 7.19. The number of amides is 1. The molecule has 0 bridgehead atoms. The van der Waals surface area contributed by atoms with Gasteiger partial charge in [0, 0.05) is 27.2 Å². The number of methoxy groups -OCH3 is 1. The maximum Gasteiger partial charge on any atom is 0.260 e. The molecule has 1 atom stereocenters. The van der Waals surface area contributed by atoms with Gasteiger partial charge in [0.25, 0.3) is 5.56 Å². The number of carbonyl (C=O) groups excluding carboxylic acids is 1. The first-order valence-corrected chi connectivity index (χ1v) is 12.1. The van der Waals surface area contributed by atoms with E-state index >= 15 is 0 Å². The summed E-state index contributed by atoms with van der Waals surface area (Å²) in [7, 11) is 1.63. The molecule has 8 heteroatoms. The van der Waals surface area contributed by atoms with Crippen LogP contribution in [0.25, 0.3) is 20.7 Å². The smallest absolute Gasteiger partial charge is 0.260 e. The number of aryl methyl sites for hydroxylation is 1. The average Bonchev–Trinajstić information content (AvgIpc) is 3.40. The lowest BCUT2D eigenvalue weighted by atomic mass is 10.1. The number of nitrogens with one attached hydrogen (secondary N) is 1. The standard InChI is InChI=1S/C24H25N3O3S2/c1-5-27(15(3)16-7-6-8-17(11-16)30-4)21(28)12-20-25-23(29)22-18(13-31-24(22)26-20)19-10-9-14(2)32-19/h6-11,13,15H,5,12H2,1-4H3,(H,25,26,29). The van der Waals surface area contributed by atoms with E-state index in [2.05, 4.69) is 9.97 Å². The van der Waals surface area contributed by atoms with Crippen LogP contribution in [0.2, 0.25) is 0 Å². The first kappa shape index (κ1) is 22.2. The van der Waals surface area contributed by atoms with E-state index in [1.165, 1.54) is 16.2 Å². The molecule has 1 N–H and O–H groups in total. The number of rotatable bonds is 7. The Morgan fingerprint density at radius 2 is 2.09 bits per heavy atom. The molecule has 4 aromatic rings. The van der Waals surface area contributed by atoms with Crippen LogP contribution in [-0.4, -0.2) is 34.4 Å². The van der Waals surface area contributed by atoms with E-state index in [1.54, 1.807) is 23.3 Å². The van der Waals surface area contributed by atoms with E-state index in [-0.39, 0.29) is 23.9 Å². The van der Waals surface area contributed by atoms with Crippen LogP contribution < -0.4 is 10.3 Å². The highest BCUT2D eigenvalue weighted by atomic mass is 32.1. The minimum Gasteiger partial charge on any atom is -0.497 e. The number of hydrogen-bond acceptors (Lipinski definition) is 6. The Balaban J connectivity index is 1.59. The van der Waals surface area contributed by atoms with Gasteiger partial charge in [0.2, 0.25) is 5.91 Å². The van der Waals surface area contributed by atoms with Gasteiger partial charge in [-0.3, -0.25) is 9.59 Å². The molecule has 0 aliphatic heterocycles. The molecule has 0 aliphatic rings. The lowest BCUT2D eigenvalue weighted by Crippen LogP contribution is -2.35. The zero-order valence-electron chi connectivity index (χ0n) is 18.5. The largest absolute Gasteiger partial charge is 0.497 e. The summed E-state index contributed by atoms with van der Waals surface area (Å²) in [6, 6.07) is 11.7. The third-order valence-electron chi connectivity index (χ3n) is 5.52. The van der Waals surface area contributed by atoms with E-state index in [0.29, 0.717) is 22.6 Å². The summed E-state index contributed by atoms with van der Waals surface area (Å²) in [4.78, 5) is 38.1. The molecule has 0 saturated heterocycles. The summed E-state index contributed by atoms with van der Waals surface area (Å²) in [5, 5.41) is 2.55. The summed E-state index contributed by atoms with van der Waals surface area (Å²) < 4.78 is 5.31. The number of benzene rings is 1. The van der Waals surface area contributed by atoms with Crippen molar-refractivity contribution in [2.45, 2.75) is 33.2 Å². The summed E-state index contributed by atoms with van der Waals surface area (Å²) in [5.74, 6) is 1.05. The van der Waals surface area contributed by atoms with E-state index in [9.17, 15) is 9.59 Å². The highest BCUT2D eigenvalue weighted by Crippen LogP contribution is 2.35. The Morgan fingerprint density at radius 3 is 2.78 bits per heavy atom. The van der Waals surface area contributed by atoms with Crippen LogP contribution in [-0.2, 0) is 11.2 Å². The molecule has 1 unspecified atom stereocenters. The first-order chi connectivity index (χ1) is 15.4. The number of ether oxygens (including phenoxy) is 1. The maximum absolute atomic E-state index is 13.1. The second-order valence-electron chi connectivity index (χ2n) is 7.56. The van der Waals surface area contributed by atoms with Crippen LogP contribution >= 0.6 is 22.7 Å². The Labute approximate surface area is 194 Å². The second kappa shape index (κ2) is 9.26. The summed E-state index contributed by atoms with van der Waals surface area (Å²) in [6.07, 6.45) is 0.0403. The number of H-pyrrole nitrogens is 1. The second-order valence-corrected chi connectivity index (χ2v) is 9.71. The topological polar surface area (TPSA) is 75.3 Å². The fourth-order valence-electron chi connectivity index (χ4n) is 3.83. The highest BCUT2D eigenvalue weighted by Gasteiger charge is 2.22. The zero-order valence-corrected chi connectivity index (χ0v) is 20.1. The van der Waals surface area contributed by atoms with E-state index in [4.69, 9.17) is 4.74 Å². The number of likely N-dealkylation sites (N-methyl/N-ethyl adjacent to an activating group) is 1. The van der Waals surface area contributed by atoms with Gasteiger partial charge in [0.1, 0.15) is 16.4 Å². The van der Waals surface area contributed by atoms with Crippen molar-refractivity contribution in [2.75, 3.05) is 13.7 Å². The third-order valence-corrected chi connectivity index (χ3v) is 7.43. The molecule has 0 spiro atoms. The number of fused-ring (bicyclic) bond motifs is 1. The van der Waals surface area contributed by atoms with Gasteiger partial charge in [0.15, 0.2) is 0 Å². The van der Waals surface area contributed by atoms with Crippen LogP contribution in [0.15, 0.2) is 46.6 Å². The predicted molar refractivity (Wildman–Crippen MR) is 131 cm³/mol. The predicted octanol–water partition coefficient (Wildman–Crippen LogP) is 5.18. The third kappa shape index (κ3) is 4.33. The SMILES string of the molecule is CCN(C(=O)Cc1nc2scc(-c3ccc(C)s3)c2c(=O)[nH]1)C(C)c1cccc(OC)c1. The van der Waals surface area contributed by atoms with Crippen LogP contribution in [0, 0.1) is 6.92 Å². The molecule has 0 saturated carbocycles. The number of thiophene rings is 2. The molecule has 32 heavy (non-hydrogen) atoms. The van der Waals surface area contributed by atoms with Gasteiger partial charge < -0.3 is 14.6 Å². The van der Waals surface area contributed by atoms with Crippen molar-refractivity contribution in [1.29, 1.82) is 0 Å². The molecule has 0 aliphatic carbocycles. The van der Waals surface area contributed by atoms with Crippen molar-refractivity contribution < 1.29 is 9.53 Å². The van der Waals surface area contributed by atoms with Crippen LogP contribution in [0.4, 0.5) is 0 Å². The van der Waals surface area contributed by atoms with Crippen molar-refractivity contribution in [3.8, 4) is 16.2 Å². The summed E-state index contributed by atoms with van der Waals surface area (Å²) in [6.45, 7) is 6.53. The molecule has 6 nitrogen and oxygen atoms in total. The molecular weight excluding hydrogens is 442 g/mol. The van der Waals surface area contributed by atoms with Gasteiger partial charge >= 0.3 is 0 Å². The van der Waals surface area contributed by atoms with Gasteiger partial charge in [0.05, 0.1) is 25.0 Å². The number of aromatic amines is 1. The quantitative estimate of drug-likeness (QED) is 0.406. The van der Waals surface area contributed by atoms with Crippen molar-refractivity contribution in [3.63, 3.8) is 0 Å². The first-order valence-electron chi connectivity index (χ1n) is 10.4. The van der Waals surface area contributed by atoms with Gasteiger partial charge in [-0.25, -0.2) is 4.98 Å². The van der Waals surface area contributed by atoms with Gasteiger partial charge in [-0.05, 0) is 50.6 Å². The van der Waals surface area contributed by atoms with E-state index in [1.807, 2.05) is 62.5 Å². The van der Waals surface area contributed by atoms with Crippen molar-refractivity contribution in [2.24, 2.45) is 0 Å². The summed E-state index contributed by atoms with van der Waals surface area (Å²) in [5.41, 5.74) is 1.69. The van der Waals surface area contributed by atoms with Crippen LogP contribution in [0.1, 0.15) is 36.2 Å². The molecule has 4 rings (SSSR count). The molecule has 0 radical (unpaired) electrons. The van der Waals surface area contributed by atoms with Crippen LogP contribution in [0.3, 0.4) is 0 Å². The van der Waals surface area contributed by atoms with Crippen LogP contribution in [0.5, 0.6) is 5.75 Å². The summed E-state index contributed by atoms with van der Waals surface area (Å²) >= 11 is 3.08. The number of nitrogens with zero attached hydrogens (tertiary/aromatic N) is 2. The van der Waals surface area contributed by atoms with E-state index in [0.717, 1.165) is 21.8 Å².